The molecule has 0 aliphatic heterocycles. The summed E-state index contributed by atoms with van der Waals surface area (Å²) in [5, 5.41) is 35.3. The van der Waals surface area contributed by atoms with Crippen LogP contribution in [0.5, 0.6) is 0 Å². The van der Waals surface area contributed by atoms with Crippen LogP contribution < -0.4 is 42.5 Å². The van der Waals surface area contributed by atoms with Crippen LogP contribution in [0.2, 0.25) is 0 Å². The van der Waals surface area contributed by atoms with Crippen molar-refractivity contribution in [2.24, 2.45) is 23.7 Å². The topological polar surface area (TPSA) is 341 Å². The van der Waals surface area contributed by atoms with E-state index in [1.807, 2.05) is 123 Å². The summed E-state index contributed by atoms with van der Waals surface area (Å²) in [6, 6.07) is 53.7. The second kappa shape index (κ2) is 42.6. The minimum Gasteiger partial charge on any atom is -0.461 e. The number of hydrogen-bond acceptors (Lipinski definition) is 16. The van der Waals surface area contributed by atoms with Crippen LogP contribution in [-0.2, 0) is 98.7 Å². The summed E-state index contributed by atoms with van der Waals surface area (Å²) in [6.07, 6.45) is -3.27. The van der Waals surface area contributed by atoms with Crippen molar-refractivity contribution >= 4 is 65.4 Å². The first kappa shape index (κ1) is 86.1. The Labute approximate surface area is 655 Å². The van der Waals surface area contributed by atoms with E-state index in [1.165, 1.54) is 6.92 Å². The lowest BCUT2D eigenvalue weighted by Gasteiger charge is -2.37. The van der Waals surface area contributed by atoms with Crippen molar-refractivity contribution in [2.75, 3.05) is 0 Å². The van der Waals surface area contributed by atoms with Crippen LogP contribution in [0.15, 0.2) is 212 Å². The Kier molecular flexibility index (Phi) is 32.7. The molecule has 8 amide bonds. The molecular formula is C88H106N8O16. The number of nitrogens with one attached hydrogen (secondary N) is 8. The molecule has 0 aromatic heterocycles. The molecule has 1 aliphatic rings. The second-order valence-electron chi connectivity index (χ2n) is 30.0. The van der Waals surface area contributed by atoms with Crippen LogP contribution >= 0.6 is 0 Å². The summed E-state index contributed by atoms with van der Waals surface area (Å²) in [6.45, 7) is 13.1. The molecule has 0 radical (unpaired) electrons. The van der Waals surface area contributed by atoms with E-state index < -0.39 is 149 Å². The predicted molar refractivity (Wildman–Crippen MR) is 421 cm³/mol. The number of ether oxygens (including phenoxy) is 4. The van der Waals surface area contributed by atoms with Gasteiger partial charge in [0.05, 0.1) is 18.6 Å². The molecule has 7 aromatic rings. The monoisotopic (exact) mass is 1530 g/mol. The number of carbonyl (C=O) groups excluding carboxylic acids is 11. The summed E-state index contributed by atoms with van der Waals surface area (Å²) in [5.41, 5.74) is 2.42. The van der Waals surface area contributed by atoms with E-state index in [0.29, 0.717) is 40.7 Å². The maximum Gasteiger partial charge on any atom is 0.408 e. The highest BCUT2D eigenvalue weighted by molar-refractivity contribution is 5.97. The first-order valence-electron chi connectivity index (χ1n) is 38.3. The summed E-state index contributed by atoms with van der Waals surface area (Å²) in [7, 11) is 0. The number of esters is 3. The van der Waals surface area contributed by atoms with Gasteiger partial charge in [0, 0.05) is 25.2 Å². The summed E-state index contributed by atoms with van der Waals surface area (Å²) in [5.74, 6) is -10.5. The molecule has 0 heterocycles. The van der Waals surface area contributed by atoms with Crippen LogP contribution in [0.3, 0.4) is 0 Å². The molecule has 1 saturated carbocycles. The number of aliphatic hydroxyl groups excluding tert-OH is 1. The Hall–Kier alpha value is -11.5. The molecule has 1 aliphatic carbocycles. The maximum atomic E-state index is 15.5. The molecule has 594 valence electrons. The Morgan fingerprint density at radius 1 is 0.446 bits per heavy atom. The van der Waals surface area contributed by atoms with E-state index in [9.17, 15) is 43.5 Å². The minimum absolute atomic E-state index is 0.0106. The van der Waals surface area contributed by atoms with Crippen LogP contribution in [0.4, 0.5) is 4.79 Å². The number of alkyl carbamates (subject to hydrolysis) is 1. The molecule has 0 saturated heterocycles. The molecule has 24 heteroatoms. The van der Waals surface area contributed by atoms with Crippen molar-refractivity contribution < 1.29 is 76.8 Å². The van der Waals surface area contributed by atoms with Gasteiger partial charge in [0.15, 0.2) is 0 Å². The van der Waals surface area contributed by atoms with E-state index in [0.717, 1.165) is 11.1 Å². The molecule has 7 aromatic carbocycles. The third kappa shape index (κ3) is 26.6. The zero-order valence-corrected chi connectivity index (χ0v) is 64.9. The predicted octanol–water partition coefficient (Wildman–Crippen LogP) is 9.82. The number of carbonyl (C=O) groups is 11. The fourth-order valence-electron chi connectivity index (χ4n) is 13.5. The molecule has 10 atom stereocenters. The van der Waals surface area contributed by atoms with Crippen LogP contribution in [0, 0.1) is 23.7 Å². The average molecular weight is 1530 g/mol. The standard InChI is InChI=1S/C88H106N8O16/c1-57(2)51-71(78(100)67-45-30-46-68(67)80(102)89-59(5)79(101)90-69(47-49-75(98)109-54-61-33-18-10-19-34-61)81(103)93-73(52-60-31-16-9-17-32-60)85(107)111-56-63-37-22-12-23-38-63)91-83(105)72(53-74(97)96-88(64-39-24-13-25-40-64,65-41-26-14-27-42-65)66-43-28-15-29-44-66)92-84(106)77(58(3)4)95-82(104)70(94-86(108)112-87(6,7)8)48-50-76(99)110-55-62-35-20-11-21-36-62/h9-29,31-44,57-59,67-73,77-78,100H,30,45-56H2,1-8H3,(H,89,102)(H,90,101)(H,91,105)(H,92,106)(H,93,103)(H,94,108)(H,95,104)(H,96,97)/t59-,67+,68+,69-,70-,71-,72-,73-,77-,78-/m0/s1. The Bertz CT molecular complexity index is 4120. The fourth-order valence-corrected chi connectivity index (χ4v) is 13.5. The number of benzene rings is 7. The molecule has 112 heavy (non-hydrogen) atoms. The quantitative estimate of drug-likeness (QED) is 0.00983. The summed E-state index contributed by atoms with van der Waals surface area (Å²) < 4.78 is 22.2. The lowest BCUT2D eigenvalue weighted by molar-refractivity contribution is -0.150. The number of rotatable bonds is 39. The number of hydrogen-bond donors (Lipinski definition) is 9. The van der Waals surface area contributed by atoms with Gasteiger partial charge in [0.1, 0.15) is 67.2 Å². The van der Waals surface area contributed by atoms with Gasteiger partial charge < -0.3 is 66.6 Å². The SMILES string of the molecule is CC(C)C[C@H](NC(=O)[C@H](CC(=O)NC(c1ccccc1)(c1ccccc1)c1ccccc1)NC(=O)[C@@H](NC(=O)[C@H](CCC(=O)OCc1ccccc1)NC(=O)OC(C)(C)C)C(C)C)[C@@H](O)[C@@H]1CCC[C@H]1C(=O)N[C@@H](C)C(=O)N[C@@H](CCC(=O)OCc1ccccc1)C(=O)N[C@@H](Cc1ccccc1)C(=O)OCc1ccccc1. The van der Waals surface area contributed by atoms with Gasteiger partial charge in [0.2, 0.25) is 41.4 Å². The normalized spacial score (nSPS) is 15.5. The first-order valence-corrected chi connectivity index (χ1v) is 38.3. The van der Waals surface area contributed by atoms with E-state index in [1.54, 1.807) is 138 Å². The van der Waals surface area contributed by atoms with Crippen molar-refractivity contribution in [1.29, 1.82) is 0 Å². The number of aliphatic hydroxyl groups is 1. The minimum atomic E-state index is -1.74. The van der Waals surface area contributed by atoms with E-state index in [4.69, 9.17) is 18.9 Å². The van der Waals surface area contributed by atoms with Gasteiger partial charge in [-0.05, 0) is 116 Å². The van der Waals surface area contributed by atoms with Gasteiger partial charge in [-0.15, -0.1) is 0 Å². The van der Waals surface area contributed by atoms with Gasteiger partial charge in [0.25, 0.3) is 0 Å². The highest BCUT2D eigenvalue weighted by Gasteiger charge is 2.45. The van der Waals surface area contributed by atoms with E-state index in [2.05, 4.69) is 42.5 Å². The molecule has 9 N–H and O–H groups in total. The summed E-state index contributed by atoms with van der Waals surface area (Å²) in [4.78, 5) is 158. The third-order valence-electron chi connectivity index (χ3n) is 19.3. The fraction of sp³-hybridized carbons (Fsp3) is 0.398. The zero-order valence-electron chi connectivity index (χ0n) is 64.9. The third-order valence-corrected chi connectivity index (χ3v) is 19.3. The van der Waals surface area contributed by atoms with Crippen LogP contribution in [0.25, 0.3) is 0 Å². The second-order valence-corrected chi connectivity index (χ2v) is 30.0. The molecule has 1 fully saturated rings. The maximum absolute atomic E-state index is 15.5. The Morgan fingerprint density at radius 2 is 0.857 bits per heavy atom. The summed E-state index contributed by atoms with van der Waals surface area (Å²) >= 11 is 0. The van der Waals surface area contributed by atoms with Crippen molar-refractivity contribution in [3.8, 4) is 0 Å². The van der Waals surface area contributed by atoms with Crippen LogP contribution in [-0.4, -0.2) is 124 Å². The van der Waals surface area contributed by atoms with Crippen molar-refractivity contribution in [3.63, 3.8) is 0 Å². The highest BCUT2D eigenvalue weighted by atomic mass is 16.6. The van der Waals surface area contributed by atoms with Crippen molar-refractivity contribution in [3.05, 3.63) is 251 Å². The largest absolute Gasteiger partial charge is 0.461 e. The highest BCUT2D eigenvalue weighted by Crippen LogP contribution is 2.39. The van der Waals surface area contributed by atoms with Crippen molar-refractivity contribution in [1.82, 2.24) is 42.5 Å². The lowest BCUT2D eigenvalue weighted by atomic mass is 9.77. The van der Waals surface area contributed by atoms with E-state index in [-0.39, 0.29) is 70.7 Å². The van der Waals surface area contributed by atoms with Gasteiger partial charge in [-0.2, -0.15) is 0 Å². The van der Waals surface area contributed by atoms with Gasteiger partial charge in [-0.25, -0.2) is 9.59 Å². The molecular weight excluding hydrogens is 1430 g/mol. The average Bonchev–Trinajstić information content (AvgIpc) is 0.799. The first-order chi connectivity index (χ1) is 53.7. The smallest absolute Gasteiger partial charge is 0.408 e. The lowest BCUT2D eigenvalue weighted by Crippen LogP contribution is -2.60. The van der Waals surface area contributed by atoms with Crippen molar-refractivity contribution in [2.45, 2.75) is 199 Å². The van der Waals surface area contributed by atoms with Gasteiger partial charge in [-0.1, -0.05) is 246 Å². The van der Waals surface area contributed by atoms with Gasteiger partial charge >= 0.3 is 24.0 Å². The zero-order chi connectivity index (χ0) is 80.7. The molecule has 0 spiro atoms. The molecule has 0 unspecified atom stereocenters. The molecule has 0 bridgehead atoms. The Morgan fingerprint density at radius 3 is 1.31 bits per heavy atom. The van der Waals surface area contributed by atoms with Gasteiger partial charge in [-0.3, -0.25) is 43.2 Å². The number of amides is 8. The molecule has 24 nitrogen and oxygen atoms in total. The molecule has 8 rings (SSSR count). The van der Waals surface area contributed by atoms with E-state index >= 15 is 14.4 Å². The van der Waals surface area contributed by atoms with Crippen LogP contribution in [0.1, 0.15) is 152 Å². The Balaban J connectivity index is 1.03.